The van der Waals surface area contributed by atoms with E-state index in [9.17, 15) is 19.3 Å². The van der Waals surface area contributed by atoms with Crippen molar-refractivity contribution in [3.8, 4) is 0 Å². The summed E-state index contributed by atoms with van der Waals surface area (Å²) < 4.78 is 13.9. The predicted molar refractivity (Wildman–Crippen MR) is 91.5 cm³/mol. The van der Waals surface area contributed by atoms with E-state index in [-0.39, 0.29) is 17.3 Å². The summed E-state index contributed by atoms with van der Waals surface area (Å²) in [5.41, 5.74) is 1.91. The van der Waals surface area contributed by atoms with Crippen LogP contribution in [0.5, 0.6) is 0 Å². The molecule has 130 valence electrons. The molecule has 3 rings (SSSR count). The lowest BCUT2D eigenvalue weighted by Gasteiger charge is -2.16. The molecule has 1 aliphatic heterocycles. The maximum atomic E-state index is 13.9. The third-order valence-corrected chi connectivity index (χ3v) is 4.18. The van der Waals surface area contributed by atoms with Crippen LogP contribution in [-0.2, 0) is 17.9 Å². The van der Waals surface area contributed by atoms with E-state index in [2.05, 4.69) is 5.32 Å². The lowest BCUT2D eigenvalue weighted by atomic mass is 10.1. The van der Waals surface area contributed by atoms with Crippen LogP contribution >= 0.6 is 0 Å². The van der Waals surface area contributed by atoms with Crippen molar-refractivity contribution >= 4 is 17.3 Å². The minimum Gasteiger partial charge on any atom is -0.379 e. The standard InChI is InChI=1S/C18H18FN3O3/c19-16-10-15(22(24)25)6-7-17(16)20-11-13-3-1-4-14(9-13)12-21-8-2-5-18(21)23/h1,3-4,6-7,9-10,20H,2,5,8,11-12H2. The van der Waals surface area contributed by atoms with Crippen molar-refractivity contribution in [1.82, 2.24) is 4.90 Å². The lowest BCUT2D eigenvalue weighted by Crippen LogP contribution is -2.23. The van der Waals surface area contributed by atoms with E-state index >= 15 is 0 Å². The molecular formula is C18H18FN3O3. The number of benzene rings is 2. The van der Waals surface area contributed by atoms with Gasteiger partial charge in [0.1, 0.15) is 0 Å². The Morgan fingerprint density at radius 1 is 1.20 bits per heavy atom. The Morgan fingerprint density at radius 3 is 2.68 bits per heavy atom. The number of amides is 1. The fourth-order valence-electron chi connectivity index (χ4n) is 2.89. The van der Waals surface area contributed by atoms with E-state index in [1.54, 1.807) is 0 Å². The normalized spacial score (nSPS) is 14.0. The molecule has 0 atom stereocenters. The molecule has 1 N–H and O–H groups in total. The second-order valence-corrected chi connectivity index (χ2v) is 6.01. The van der Waals surface area contributed by atoms with E-state index in [4.69, 9.17) is 0 Å². The number of rotatable bonds is 6. The van der Waals surface area contributed by atoms with Crippen molar-refractivity contribution in [2.75, 3.05) is 11.9 Å². The summed E-state index contributed by atoms with van der Waals surface area (Å²) in [4.78, 5) is 23.6. The van der Waals surface area contributed by atoms with Crippen LogP contribution in [0.25, 0.3) is 0 Å². The molecule has 1 heterocycles. The van der Waals surface area contributed by atoms with Gasteiger partial charge in [0.2, 0.25) is 5.91 Å². The molecule has 0 radical (unpaired) electrons. The van der Waals surface area contributed by atoms with Crippen molar-refractivity contribution < 1.29 is 14.1 Å². The van der Waals surface area contributed by atoms with Gasteiger partial charge < -0.3 is 10.2 Å². The number of anilines is 1. The molecule has 1 fully saturated rings. The molecule has 1 amide bonds. The number of carbonyl (C=O) groups is 1. The van der Waals surface area contributed by atoms with Crippen LogP contribution in [-0.4, -0.2) is 22.3 Å². The van der Waals surface area contributed by atoms with Crippen LogP contribution in [0.3, 0.4) is 0 Å². The van der Waals surface area contributed by atoms with Gasteiger partial charge in [0.25, 0.3) is 5.69 Å². The van der Waals surface area contributed by atoms with Crippen LogP contribution in [0.1, 0.15) is 24.0 Å². The number of non-ortho nitro benzene ring substituents is 1. The average Bonchev–Trinajstić information content (AvgIpc) is 2.99. The van der Waals surface area contributed by atoms with E-state index < -0.39 is 10.7 Å². The highest BCUT2D eigenvalue weighted by Gasteiger charge is 2.19. The Bertz CT molecular complexity index is 810. The fourth-order valence-corrected chi connectivity index (χ4v) is 2.89. The van der Waals surface area contributed by atoms with Gasteiger partial charge in [-0.05, 0) is 23.6 Å². The van der Waals surface area contributed by atoms with Crippen LogP contribution in [0.4, 0.5) is 15.8 Å². The van der Waals surface area contributed by atoms with E-state index in [1.807, 2.05) is 29.2 Å². The molecule has 1 saturated heterocycles. The number of likely N-dealkylation sites (tertiary alicyclic amines) is 1. The van der Waals surface area contributed by atoms with Crippen molar-refractivity contribution in [2.45, 2.75) is 25.9 Å². The highest BCUT2D eigenvalue weighted by atomic mass is 19.1. The second-order valence-electron chi connectivity index (χ2n) is 6.01. The number of nitrogens with one attached hydrogen (secondary N) is 1. The summed E-state index contributed by atoms with van der Waals surface area (Å²) in [6.45, 7) is 1.75. The molecule has 0 saturated carbocycles. The van der Waals surface area contributed by atoms with Crippen molar-refractivity contribution in [3.63, 3.8) is 0 Å². The maximum absolute atomic E-state index is 13.9. The van der Waals surface area contributed by atoms with Gasteiger partial charge in [-0.1, -0.05) is 24.3 Å². The zero-order chi connectivity index (χ0) is 17.8. The van der Waals surface area contributed by atoms with Gasteiger partial charge in [-0.15, -0.1) is 0 Å². The minimum atomic E-state index is -0.659. The molecule has 0 aromatic heterocycles. The molecule has 1 aliphatic rings. The third-order valence-electron chi connectivity index (χ3n) is 4.18. The van der Waals surface area contributed by atoms with Gasteiger partial charge in [0, 0.05) is 32.1 Å². The number of nitro groups is 1. The van der Waals surface area contributed by atoms with Crippen LogP contribution < -0.4 is 5.32 Å². The molecule has 7 heteroatoms. The molecule has 25 heavy (non-hydrogen) atoms. The molecule has 6 nitrogen and oxygen atoms in total. The first-order valence-electron chi connectivity index (χ1n) is 8.06. The Hall–Kier alpha value is -2.96. The summed E-state index contributed by atoms with van der Waals surface area (Å²) >= 11 is 0. The first kappa shape index (κ1) is 16.9. The van der Waals surface area contributed by atoms with Gasteiger partial charge >= 0.3 is 0 Å². The predicted octanol–water partition coefficient (Wildman–Crippen LogP) is 3.47. The number of hydrogen-bond donors (Lipinski definition) is 1. The van der Waals surface area contributed by atoms with Gasteiger partial charge in [-0.2, -0.15) is 0 Å². The summed E-state index contributed by atoms with van der Waals surface area (Å²) in [5, 5.41) is 13.6. The highest BCUT2D eigenvalue weighted by molar-refractivity contribution is 5.78. The monoisotopic (exact) mass is 343 g/mol. The topological polar surface area (TPSA) is 75.5 Å². The van der Waals surface area contributed by atoms with Gasteiger partial charge in [0.05, 0.1) is 16.7 Å². The minimum absolute atomic E-state index is 0.177. The van der Waals surface area contributed by atoms with Crippen molar-refractivity contribution in [3.05, 3.63) is 69.5 Å². The summed E-state index contributed by atoms with van der Waals surface area (Å²) in [5.74, 6) is -0.482. The van der Waals surface area contributed by atoms with Crippen LogP contribution in [0.2, 0.25) is 0 Å². The van der Waals surface area contributed by atoms with Gasteiger partial charge in [0.15, 0.2) is 5.82 Å². The smallest absolute Gasteiger partial charge is 0.272 e. The summed E-state index contributed by atoms with van der Waals surface area (Å²) in [6, 6.07) is 11.3. The first-order chi connectivity index (χ1) is 12.0. The molecule has 0 aliphatic carbocycles. The molecule has 0 spiro atoms. The molecule has 2 aromatic carbocycles. The second kappa shape index (κ2) is 7.29. The van der Waals surface area contributed by atoms with E-state index in [1.165, 1.54) is 12.1 Å². The Kier molecular flexibility index (Phi) is 4.92. The maximum Gasteiger partial charge on any atom is 0.272 e. The van der Waals surface area contributed by atoms with Crippen LogP contribution in [0.15, 0.2) is 42.5 Å². The van der Waals surface area contributed by atoms with Gasteiger partial charge in [-0.3, -0.25) is 14.9 Å². The SMILES string of the molecule is O=C1CCCN1Cc1cccc(CNc2ccc([N+](=O)[O-])cc2F)c1. The van der Waals surface area contributed by atoms with E-state index in [0.29, 0.717) is 19.5 Å². The highest BCUT2D eigenvalue weighted by Crippen LogP contribution is 2.21. The van der Waals surface area contributed by atoms with Gasteiger partial charge in [-0.25, -0.2) is 4.39 Å². The summed E-state index contributed by atoms with van der Waals surface area (Å²) in [6.07, 6.45) is 1.51. The molecule has 0 bridgehead atoms. The van der Waals surface area contributed by atoms with Crippen LogP contribution in [0, 0.1) is 15.9 Å². The number of carbonyl (C=O) groups excluding carboxylic acids is 1. The summed E-state index contributed by atoms with van der Waals surface area (Å²) in [7, 11) is 0. The Morgan fingerprint density at radius 2 is 2.00 bits per heavy atom. The van der Waals surface area contributed by atoms with E-state index in [0.717, 1.165) is 30.2 Å². The Balaban J connectivity index is 1.64. The number of halogens is 1. The van der Waals surface area contributed by atoms with Crippen molar-refractivity contribution in [1.29, 1.82) is 0 Å². The fraction of sp³-hybridized carbons (Fsp3) is 0.278. The zero-order valence-corrected chi connectivity index (χ0v) is 13.6. The molecular weight excluding hydrogens is 325 g/mol. The van der Waals surface area contributed by atoms with Crippen molar-refractivity contribution in [2.24, 2.45) is 0 Å². The first-order valence-corrected chi connectivity index (χ1v) is 8.06. The average molecular weight is 343 g/mol. The lowest BCUT2D eigenvalue weighted by molar-refractivity contribution is -0.385. The largest absolute Gasteiger partial charge is 0.379 e. The quantitative estimate of drug-likeness (QED) is 0.644. The third kappa shape index (κ3) is 4.12. The number of hydrogen-bond acceptors (Lipinski definition) is 4. The Labute approximate surface area is 144 Å². The number of nitrogens with zero attached hydrogens (tertiary/aromatic N) is 2. The number of nitro benzene ring substituents is 1. The molecule has 2 aromatic rings. The zero-order valence-electron chi connectivity index (χ0n) is 13.6. The molecule has 0 unspecified atom stereocenters.